The molecule has 21 heavy (non-hydrogen) atoms. The molecule has 1 aromatic heterocycles. The van der Waals surface area contributed by atoms with Gasteiger partial charge in [-0.2, -0.15) is 0 Å². The minimum absolute atomic E-state index is 0.0286. The van der Waals surface area contributed by atoms with E-state index in [1.807, 2.05) is 13.0 Å². The van der Waals surface area contributed by atoms with E-state index in [-0.39, 0.29) is 11.6 Å². The number of nitrogens with zero attached hydrogens (tertiary/aromatic N) is 1. The normalized spacial score (nSPS) is 13.4. The second-order valence-corrected chi connectivity index (χ2v) is 7.21. The van der Waals surface area contributed by atoms with Gasteiger partial charge < -0.3 is 10.1 Å². The molecule has 114 valence electrons. The fourth-order valence-electron chi connectivity index (χ4n) is 1.93. The molecule has 4 heteroatoms. The SMILES string of the molecule is COC(C)c1nc(CNC(C)(C)C)c(-c2ccccc2)s1. The molecule has 0 spiro atoms. The van der Waals surface area contributed by atoms with Crippen molar-refractivity contribution < 1.29 is 4.74 Å². The molecule has 0 radical (unpaired) electrons. The molecule has 1 aromatic carbocycles. The highest BCUT2D eigenvalue weighted by Gasteiger charge is 2.18. The maximum atomic E-state index is 5.41. The highest BCUT2D eigenvalue weighted by atomic mass is 32.1. The van der Waals surface area contributed by atoms with E-state index in [1.54, 1.807) is 18.4 Å². The Morgan fingerprint density at radius 3 is 2.48 bits per heavy atom. The van der Waals surface area contributed by atoms with E-state index in [9.17, 15) is 0 Å². The maximum Gasteiger partial charge on any atom is 0.122 e. The molecule has 2 aromatic rings. The summed E-state index contributed by atoms with van der Waals surface area (Å²) < 4.78 is 5.41. The number of hydrogen-bond donors (Lipinski definition) is 1. The van der Waals surface area contributed by atoms with Crippen LogP contribution >= 0.6 is 11.3 Å². The highest BCUT2D eigenvalue weighted by Crippen LogP contribution is 2.34. The maximum absolute atomic E-state index is 5.41. The lowest BCUT2D eigenvalue weighted by molar-refractivity contribution is 0.119. The van der Waals surface area contributed by atoms with Crippen molar-refractivity contribution in [1.29, 1.82) is 0 Å². The molecular formula is C17H24N2OS. The van der Waals surface area contributed by atoms with Gasteiger partial charge in [-0.15, -0.1) is 11.3 Å². The highest BCUT2D eigenvalue weighted by molar-refractivity contribution is 7.15. The first kappa shape index (κ1) is 16.1. The topological polar surface area (TPSA) is 34.1 Å². The largest absolute Gasteiger partial charge is 0.375 e. The molecule has 1 heterocycles. The lowest BCUT2D eigenvalue weighted by Gasteiger charge is -2.20. The summed E-state index contributed by atoms with van der Waals surface area (Å²) in [7, 11) is 1.72. The van der Waals surface area contributed by atoms with Gasteiger partial charge in [-0.25, -0.2) is 4.98 Å². The van der Waals surface area contributed by atoms with Gasteiger partial charge in [0.2, 0.25) is 0 Å². The van der Waals surface area contributed by atoms with E-state index < -0.39 is 0 Å². The second-order valence-electron chi connectivity index (χ2n) is 6.18. The minimum Gasteiger partial charge on any atom is -0.375 e. The first-order valence-electron chi connectivity index (χ1n) is 7.23. The van der Waals surface area contributed by atoms with Gasteiger partial charge in [0.1, 0.15) is 11.1 Å². The van der Waals surface area contributed by atoms with Gasteiger partial charge in [-0.05, 0) is 33.3 Å². The summed E-state index contributed by atoms with van der Waals surface area (Å²) in [5.74, 6) is 0. The monoisotopic (exact) mass is 304 g/mol. The van der Waals surface area contributed by atoms with Gasteiger partial charge >= 0.3 is 0 Å². The summed E-state index contributed by atoms with van der Waals surface area (Å²) in [6.07, 6.45) is 0.0286. The van der Waals surface area contributed by atoms with Crippen molar-refractivity contribution in [1.82, 2.24) is 10.3 Å². The third-order valence-electron chi connectivity index (χ3n) is 3.24. The van der Waals surface area contributed by atoms with E-state index in [1.165, 1.54) is 10.4 Å². The molecule has 0 aliphatic rings. The van der Waals surface area contributed by atoms with Crippen molar-refractivity contribution >= 4 is 11.3 Å². The molecule has 0 saturated heterocycles. The molecule has 1 unspecified atom stereocenters. The van der Waals surface area contributed by atoms with Gasteiger partial charge in [0.25, 0.3) is 0 Å². The average molecular weight is 304 g/mol. The Morgan fingerprint density at radius 1 is 1.24 bits per heavy atom. The van der Waals surface area contributed by atoms with E-state index in [4.69, 9.17) is 9.72 Å². The first-order chi connectivity index (χ1) is 9.90. The Morgan fingerprint density at radius 2 is 1.90 bits per heavy atom. The van der Waals surface area contributed by atoms with Crippen LogP contribution in [0.1, 0.15) is 44.5 Å². The molecule has 2 rings (SSSR count). The Labute approximate surface area is 131 Å². The fraction of sp³-hybridized carbons (Fsp3) is 0.471. The molecule has 0 bridgehead atoms. The van der Waals surface area contributed by atoms with Crippen molar-refractivity contribution in [2.45, 2.75) is 45.9 Å². The van der Waals surface area contributed by atoms with Crippen molar-refractivity contribution in [3.8, 4) is 10.4 Å². The second kappa shape index (κ2) is 6.69. The molecule has 1 atom stereocenters. The zero-order valence-corrected chi connectivity index (χ0v) is 14.3. The summed E-state index contributed by atoms with van der Waals surface area (Å²) in [4.78, 5) is 6.02. The molecule has 0 fully saturated rings. The number of methoxy groups -OCH3 is 1. The predicted octanol–water partition coefficient (Wildman–Crippen LogP) is 4.41. The van der Waals surface area contributed by atoms with Crippen LogP contribution in [0, 0.1) is 0 Å². The Hall–Kier alpha value is -1.23. The lowest BCUT2D eigenvalue weighted by Crippen LogP contribution is -2.35. The molecule has 0 aliphatic heterocycles. The van der Waals surface area contributed by atoms with Gasteiger partial charge in [0, 0.05) is 19.2 Å². The summed E-state index contributed by atoms with van der Waals surface area (Å²) in [6.45, 7) is 9.30. The van der Waals surface area contributed by atoms with E-state index in [0.29, 0.717) is 0 Å². The number of benzene rings is 1. The van der Waals surface area contributed by atoms with Crippen LogP contribution in [0.15, 0.2) is 30.3 Å². The Bertz CT molecular complexity index is 572. The fourth-order valence-corrected chi connectivity index (χ4v) is 3.05. The summed E-state index contributed by atoms with van der Waals surface area (Å²) in [5, 5.41) is 4.55. The van der Waals surface area contributed by atoms with Crippen LogP contribution < -0.4 is 5.32 Å². The van der Waals surface area contributed by atoms with Crippen molar-refractivity contribution in [2.24, 2.45) is 0 Å². The Balaban J connectivity index is 2.34. The van der Waals surface area contributed by atoms with Crippen molar-refractivity contribution in [3.05, 3.63) is 41.0 Å². The third kappa shape index (κ3) is 4.37. The summed E-state index contributed by atoms with van der Waals surface area (Å²) >= 11 is 1.72. The standard InChI is InChI=1S/C17H24N2OS/c1-12(20-5)16-19-14(11-18-17(2,3)4)15(21-16)13-9-7-6-8-10-13/h6-10,12,18H,11H2,1-5H3. The van der Waals surface area contributed by atoms with Crippen LogP contribution in [0.5, 0.6) is 0 Å². The van der Waals surface area contributed by atoms with E-state index in [2.05, 4.69) is 50.4 Å². The molecule has 1 N–H and O–H groups in total. The quantitative estimate of drug-likeness (QED) is 0.888. The minimum atomic E-state index is 0.0286. The van der Waals surface area contributed by atoms with Crippen LogP contribution in [0.3, 0.4) is 0 Å². The first-order valence-corrected chi connectivity index (χ1v) is 8.05. The van der Waals surface area contributed by atoms with Crippen LogP contribution in [-0.2, 0) is 11.3 Å². The van der Waals surface area contributed by atoms with Crippen molar-refractivity contribution in [2.75, 3.05) is 7.11 Å². The summed E-state index contributed by atoms with van der Waals surface area (Å²) in [5.41, 5.74) is 2.39. The third-order valence-corrected chi connectivity index (χ3v) is 4.55. The smallest absolute Gasteiger partial charge is 0.122 e. The number of ether oxygens (including phenoxy) is 1. The zero-order chi connectivity index (χ0) is 15.5. The number of hydrogen-bond acceptors (Lipinski definition) is 4. The van der Waals surface area contributed by atoms with Gasteiger partial charge in [-0.1, -0.05) is 30.3 Å². The van der Waals surface area contributed by atoms with Crippen LogP contribution in [0.25, 0.3) is 10.4 Å². The van der Waals surface area contributed by atoms with Gasteiger partial charge in [0.15, 0.2) is 0 Å². The lowest BCUT2D eigenvalue weighted by atomic mass is 10.1. The average Bonchev–Trinajstić information content (AvgIpc) is 2.89. The van der Waals surface area contributed by atoms with Crippen molar-refractivity contribution in [3.63, 3.8) is 0 Å². The number of rotatable bonds is 5. The molecular weight excluding hydrogens is 280 g/mol. The van der Waals surface area contributed by atoms with Gasteiger partial charge in [-0.3, -0.25) is 0 Å². The number of aromatic nitrogens is 1. The van der Waals surface area contributed by atoms with E-state index in [0.717, 1.165) is 17.2 Å². The zero-order valence-electron chi connectivity index (χ0n) is 13.4. The Kier molecular flexibility index (Phi) is 5.14. The molecule has 0 saturated carbocycles. The number of thiazole rings is 1. The van der Waals surface area contributed by atoms with Crippen LogP contribution in [0.4, 0.5) is 0 Å². The van der Waals surface area contributed by atoms with Crippen LogP contribution in [-0.4, -0.2) is 17.6 Å². The molecule has 0 amide bonds. The molecule has 3 nitrogen and oxygen atoms in total. The number of nitrogens with one attached hydrogen (secondary N) is 1. The van der Waals surface area contributed by atoms with Gasteiger partial charge in [0.05, 0.1) is 10.6 Å². The summed E-state index contributed by atoms with van der Waals surface area (Å²) in [6, 6.07) is 10.4. The van der Waals surface area contributed by atoms with E-state index >= 15 is 0 Å². The molecule has 0 aliphatic carbocycles. The van der Waals surface area contributed by atoms with Crippen LogP contribution in [0.2, 0.25) is 0 Å². The predicted molar refractivity (Wildman–Crippen MR) is 89.6 cm³/mol.